The van der Waals surface area contributed by atoms with Crippen LogP contribution >= 0.6 is 11.6 Å². The third-order valence-corrected chi connectivity index (χ3v) is 2.61. The van der Waals surface area contributed by atoms with Crippen molar-refractivity contribution in [2.45, 2.75) is 13.0 Å². The van der Waals surface area contributed by atoms with E-state index in [1.807, 2.05) is 0 Å². The van der Waals surface area contributed by atoms with Gasteiger partial charge in [0.1, 0.15) is 18.5 Å². The average Bonchev–Trinajstić information content (AvgIpc) is 2.38. The van der Waals surface area contributed by atoms with Crippen LogP contribution in [0.15, 0.2) is 18.2 Å². The molecular weight excluding hydrogens is 278 g/mol. The Morgan fingerprint density at radius 2 is 2.11 bits per heavy atom. The molecule has 0 aliphatic heterocycles. The molecule has 0 saturated heterocycles. The summed E-state index contributed by atoms with van der Waals surface area (Å²) in [6.45, 7) is 0.665. The maximum Gasteiger partial charge on any atom is 0.251 e. The van der Waals surface area contributed by atoms with Gasteiger partial charge in [-0.25, -0.2) is 8.78 Å². The van der Waals surface area contributed by atoms with Crippen LogP contribution < -0.4 is 10.6 Å². The number of rotatable bonds is 5. The number of hydrogen-bond acceptors (Lipinski definition) is 2. The van der Waals surface area contributed by atoms with Crippen LogP contribution in [0.1, 0.15) is 17.3 Å². The predicted octanol–water partition coefficient (Wildman–Crippen LogP) is 1.68. The molecule has 1 atom stereocenters. The van der Waals surface area contributed by atoms with Crippen molar-refractivity contribution in [1.29, 1.82) is 0 Å². The SMILES string of the molecule is CC(NC(=O)c1ccc(F)c(Cl)c1)C(=O)NCCF. The molecule has 1 rings (SSSR count). The van der Waals surface area contributed by atoms with Crippen molar-refractivity contribution in [2.75, 3.05) is 13.2 Å². The molecule has 0 aliphatic rings. The zero-order valence-corrected chi connectivity index (χ0v) is 10.9. The minimum atomic E-state index is -0.831. The number of alkyl halides is 1. The van der Waals surface area contributed by atoms with Gasteiger partial charge in [-0.05, 0) is 25.1 Å². The Morgan fingerprint density at radius 3 is 2.68 bits per heavy atom. The van der Waals surface area contributed by atoms with Crippen LogP contribution in [0.2, 0.25) is 5.02 Å². The van der Waals surface area contributed by atoms with E-state index < -0.39 is 30.3 Å². The quantitative estimate of drug-likeness (QED) is 0.867. The Morgan fingerprint density at radius 1 is 1.42 bits per heavy atom. The molecule has 4 nitrogen and oxygen atoms in total. The number of hydrogen-bond donors (Lipinski definition) is 2. The van der Waals surface area contributed by atoms with Gasteiger partial charge in [0.15, 0.2) is 0 Å². The molecule has 7 heteroatoms. The van der Waals surface area contributed by atoms with Gasteiger partial charge in [0, 0.05) is 12.1 Å². The summed E-state index contributed by atoms with van der Waals surface area (Å²) in [7, 11) is 0. The molecule has 0 bridgehead atoms. The van der Waals surface area contributed by atoms with Crippen LogP contribution in [-0.4, -0.2) is 31.1 Å². The van der Waals surface area contributed by atoms with E-state index in [4.69, 9.17) is 11.6 Å². The highest BCUT2D eigenvalue weighted by Gasteiger charge is 2.16. The van der Waals surface area contributed by atoms with Crippen molar-refractivity contribution >= 4 is 23.4 Å². The normalized spacial score (nSPS) is 11.8. The van der Waals surface area contributed by atoms with Crippen LogP contribution in [0, 0.1) is 5.82 Å². The highest BCUT2D eigenvalue weighted by molar-refractivity contribution is 6.31. The molecule has 104 valence electrons. The molecule has 2 N–H and O–H groups in total. The zero-order valence-electron chi connectivity index (χ0n) is 10.2. The van der Waals surface area contributed by atoms with Gasteiger partial charge in [-0.3, -0.25) is 9.59 Å². The lowest BCUT2D eigenvalue weighted by Gasteiger charge is -2.13. The molecule has 0 radical (unpaired) electrons. The van der Waals surface area contributed by atoms with E-state index in [1.54, 1.807) is 0 Å². The largest absolute Gasteiger partial charge is 0.352 e. The number of benzene rings is 1. The predicted molar refractivity (Wildman–Crippen MR) is 67.3 cm³/mol. The summed E-state index contributed by atoms with van der Waals surface area (Å²) in [6, 6.07) is 2.65. The number of amides is 2. The van der Waals surface area contributed by atoms with Crippen molar-refractivity contribution in [1.82, 2.24) is 10.6 Å². The van der Waals surface area contributed by atoms with Crippen molar-refractivity contribution in [3.05, 3.63) is 34.6 Å². The second-order valence-corrected chi connectivity index (χ2v) is 4.21. The monoisotopic (exact) mass is 290 g/mol. The van der Waals surface area contributed by atoms with Crippen molar-refractivity contribution in [3.63, 3.8) is 0 Å². The van der Waals surface area contributed by atoms with Gasteiger partial charge in [-0.1, -0.05) is 11.6 Å². The third-order valence-electron chi connectivity index (χ3n) is 2.32. The minimum absolute atomic E-state index is 0.110. The summed E-state index contributed by atoms with van der Waals surface area (Å²) >= 11 is 5.55. The smallest absolute Gasteiger partial charge is 0.251 e. The third kappa shape index (κ3) is 4.48. The summed E-state index contributed by atoms with van der Waals surface area (Å²) < 4.78 is 24.8. The first-order valence-electron chi connectivity index (χ1n) is 5.55. The lowest BCUT2D eigenvalue weighted by Crippen LogP contribution is -2.45. The first-order valence-corrected chi connectivity index (χ1v) is 5.93. The maximum atomic E-state index is 12.9. The molecule has 0 spiro atoms. The van der Waals surface area contributed by atoms with Gasteiger partial charge in [0.05, 0.1) is 5.02 Å². The average molecular weight is 291 g/mol. The van der Waals surface area contributed by atoms with E-state index in [-0.39, 0.29) is 17.1 Å². The summed E-state index contributed by atoms with van der Waals surface area (Å²) in [5, 5.41) is 4.51. The Kier molecular flexibility index (Phi) is 5.69. The van der Waals surface area contributed by atoms with Crippen LogP contribution in [0.3, 0.4) is 0 Å². The Bertz CT molecular complexity index is 483. The molecule has 0 aliphatic carbocycles. The summed E-state index contributed by atoms with van der Waals surface area (Å²) in [6.07, 6.45) is 0. The van der Waals surface area contributed by atoms with E-state index >= 15 is 0 Å². The maximum absolute atomic E-state index is 12.9. The zero-order chi connectivity index (χ0) is 14.4. The van der Waals surface area contributed by atoms with E-state index in [1.165, 1.54) is 19.1 Å². The Balaban J connectivity index is 2.63. The van der Waals surface area contributed by atoms with Gasteiger partial charge in [-0.15, -0.1) is 0 Å². The Hall–Kier alpha value is -1.69. The van der Waals surface area contributed by atoms with Crippen molar-refractivity contribution < 1.29 is 18.4 Å². The first-order chi connectivity index (χ1) is 8.95. The van der Waals surface area contributed by atoms with Crippen LogP contribution in [0.5, 0.6) is 0 Å². The molecule has 0 heterocycles. The molecule has 0 aromatic heterocycles. The standard InChI is InChI=1S/C12H13ClF2N2O2/c1-7(11(18)16-5-4-14)17-12(19)8-2-3-10(15)9(13)6-8/h2-3,6-7H,4-5H2,1H3,(H,16,18)(H,17,19). The summed E-state index contributed by atoms with van der Waals surface area (Å²) in [5.41, 5.74) is 0.136. The fraction of sp³-hybridized carbons (Fsp3) is 0.333. The van der Waals surface area contributed by atoms with Crippen LogP contribution in [0.4, 0.5) is 8.78 Å². The number of halogens is 3. The first kappa shape index (κ1) is 15.4. The fourth-order valence-electron chi connectivity index (χ4n) is 1.31. The Labute approximate surface area is 114 Å². The molecule has 19 heavy (non-hydrogen) atoms. The second kappa shape index (κ2) is 7.04. The van der Waals surface area contributed by atoms with E-state index in [0.717, 1.165) is 6.07 Å². The van der Waals surface area contributed by atoms with Gasteiger partial charge >= 0.3 is 0 Å². The molecule has 2 amide bonds. The van der Waals surface area contributed by atoms with Gasteiger partial charge < -0.3 is 10.6 Å². The van der Waals surface area contributed by atoms with Crippen molar-refractivity contribution in [2.24, 2.45) is 0 Å². The van der Waals surface area contributed by atoms with Gasteiger partial charge in [-0.2, -0.15) is 0 Å². The summed E-state index contributed by atoms with van der Waals surface area (Å²) in [4.78, 5) is 23.2. The van der Waals surface area contributed by atoms with Crippen LogP contribution in [0.25, 0.3) is 0 Å². The lowest BCUT2D eigenvalue weighted by atomic mass is 10.2. The number of carbonyl (C=O) groups is 2. The topological polar surface area (TPSA) is 58.2 Å². The van der Waals surface area contributed by atoms with E-state index in [2.05, 4.69) is 10.6 Å². The van der Waals surface area contributed by atoms with Gasteiger partial charge in [0.25, 0.3) is 5.91 Å². The van der Waals surface area contributed by atoms with Gasteiger partial charge in [0.2, 0.25) is 5.91 Å². The molecule has 1 unspecified atom stereocenters. The molecular formula is C12H13ClF2N2O2. The second-order valence-electron chi connectivity index (χ2n) is 3.80. The highest BCUT2D eigenvalue weighted by atomic mass is 35.5. The number of carbonyl (C=O) groups excluding carboxylic acids is 2. The van der Waals surface area contributed by atoms with E-state index in [0.29, 0.717) is 0 Å². The summed E-state index contributed by atoms with van der Waals surface area (Å²) in [5.74, 6) is -1.70. The molecule has 0 saturated carbocycles. The van der Waals surface area contributed by atoms with Crippen molar-refractivity contribution in [3.8, 4) is 0 Å². The van der Waals surface area contributed by atoms with Crippen LogP contribution in [-0.2, 0) is 4.79 Å². The lowest BCUT2D eigenvalue weighted by molar-refractivity contribution is -0.122. The minimum Gasteiger partial charge on any atom is -0.352 e. The van der Waals surface area contributed by atoms with E-state index in [9.17, 15) is 18.4 Å². The molecule has 1 aromatic rings. The fourth-order valence-corrected chi connectivity index (χ4v) is 1.49. The molecule has 0 fully saturated rings. The number of nitrogens with one attached hydrogen (secondary N) is 2. The molecule has 1 aromatic carbocycles. The highest BCUT2D eigenvalue weighted by Crippen LogP contribution is 2.15.